The van der Waals surface area contributed by atoms with E-state index in [0.29, 0.717) is 24.7 Å². The number of ether oxygens (including phenoxy) is 2. The topological polar surface area (TPSA) is 84.9 Å². The second-order valence-electron chi connectivity index (χ2n) is 5.46. The highest BCUT2D eigenvalue weighted by Gasteiger charge is 2.23. The monoisotopic (exact) mass is 357 g/mol. The van der Waals surface area contributed by atoms with Crippen LogP contribution >= 0.6 is 11.6 Å². The minimum Gasteiger partial charge on any atom is -0.490 e. The number of halogens is 1. The lowest BCUT2D eigenvalue weighted by atomic mass is 10.0. The Morgan fingerprint density at radius 1 is 1.25 bits per heavy atom. The molecular weight excluding hydrogens is 334 g/mol. The first-order chi connectivity index (χ1) is 11.3. The number of carboxylic acids is 1. The molecule has 1 aromatic rings. The molecule has 0 aliphatic rings. The van der Waals surface area contributed by atoms with Crippen molar-refractivity contribution in [2.75, 3.05) is 13.2 Å². The van der Waals surface area contributed by atoms with E-state index in [0.717, 1.165) is 6.42 Å². The zero-order valence-corrected chi connectivity index (χ0v) is 15.1. The fourth-order valence-corrected chi connectivity index (χ4v) is 2.20. The summed E-state index contributed by atoms with van der Waals surface area (Å²) >= 11 is 6.22. The van der Waals surface area contributed by atoms with E-state index in [9.17, 15) is 9.59 Å². The fourth-order valence-electron chi connectivity index (χ4n) is 1.94. The molecule has 0 radical (unpaired) electrons. The smallest absolute Gasteiger partial charge is 0.308 e. The van der Waals surface area contributed by atoms with Crippen LogP contribution < -0.4 is 14.8 Å². The van der Waals surface area contributed by atoms with Crippen LogP contribution in [-0.2, 0) is 4.79 Å². The summed E-state index contributed by atoms with van der Waals surface area (Å²) in [7, 11) is 0. The molecule has 24 heavy (non-hydrogen) atoms. The summed E-state index contributed by atoms with van der Waals surface area (Å²) in [5.41, 5.74) is 0.289. The van der Waals surface area contributed by atoms with Gasteiger partial charge < -0.3 is 19.9 Å². The third kappa shape index (κ3) is 5.30. The standard InChI is InChI=1S/C17H24ClNO5/c1-5-7-24-15-13(18)8-12(9-14(15)23-6-2)16(20)19-11(4)10(3)17(21)22/h8-11H,5-7H2,1-4H3,(H,19,20)(H,21,22). The van der Waals surface area contributed by atoms with Crippen LogP contribution in [0.25, 0.3) is 0 Å². The van der Waals surface area contributed by atoms with Gasteiger partial charge >= 0.3 is 5.97 Å². The number of carbonyl (C=O) groups excluding carboxylic acids is 1. The third-order valence-electron chi connectivity index (χ3n) is 3.52. The molecule has 134 valence electrons. The molecule has 0 saturated heterocycles. The molecule has 7 heteroatoms. The number of amides is 1. The van der Waals surface area contributed by atoms with Crippen LogP contribution in [-0.4, -0.2) is 36.2 Å². The highest BCUT2D eigenvalue weighted by atomic mass is 35.5. The van der Waals surface area contributed by atoms with Gasteiger partial charge in [-0.05, 0) is 39.3 Å². The summed E-state index contributed by atoms with van der Waals surface area (Å²) in [6, 6.07) is 2.51. The lowest BCUT2D eigenvalue weighted by Gasteiger charge is -2.19. The van der Waals surface area contributed by atoms with E-state index in [2.05, 4.69) is 5.32 Å². The normalized spacial score (nSPS) is 13.0. The van der Waals surface area contributed by atoms with Crippen molar-refractivity contribution in [2.45, 2.75) is 40.2 Å². The Morgan fingerprint density at radius 3 is 2.46 bits per heavy atom. The molecule has 1 aromatic carbocycles. The van der Waals surface area contributed by atoms with E-state index < -0.39 is 23.8 Å². The quantitative estimate of drug-likeness (QED) is 0.707. The Kier molecular flexibility index (Phi) is 7.85. The number of aliphatic carboxylic acids is 1. The molecule has 0 heterocycles. The van der Waals surface area contributed by atoms with Crippen LogP contribution in [0.2, 0.25) is 5.02 Å². The zero-order valence-electron chi connectivity index (χ0n) is 14.4. The van der Waals surface area contributed by atoms with Crippen molar-refractivity contribution in [3.05, 3.63) is 22.7 Å². The van der Waals surface area contributed by atoms with Gasteiger partial charge in [0.2, 0.25) is 0 Å². The molecule has 0 spiro atoms. The van der Waals surface area contributed by atoms with Gasteiger partial charge in [-0.15, -0.1) is 0 Å². The van der Waals surface area contributed by atoms with E-state index in [-0.39, 0.29) is 10.6 Å². The molecular formula is C17H24ClNO5. The van der Waals surface area contributed by atoms with Crippen molar-refractivity contribution in [2.24, 2.45) is 5.92 Å². The minimum absolute atomic E-state index is 0.276. The molecule has 2 atom stereocenters. The number of benzene rings is 1. The van der Waals surface area contributed by atoms with Gasteiger partial charge in [-0.25, -0.2) is 0 Å². The van der Waals surface area contributed by atoms with Gasteiger partial charge in [0.25, 0.3) is 5.91 Å². The van der Waals surface area contributed by atoms with Crippen molar-refractivity contribution in [1.29, 1.82) is 0 Å². The summed E-state index contributed by atoms with van der Waals surface area (Å²) in [4.78, 5) is 23.3. The van der Waals surface area contributed by atoms with Gasteiger partial charge in [-0.3, -0.25) is 9.59 Å². The average Bonchev–Trinajstić information content (AvgIpc) is 2.53. The fraction of sp³-hybridized carbons (Fsp3) is 0.529. The van der Waals surface area contributed by atoms with Crippen molar-refractivity contribution in [3.63, 3.8) is 0 Å². The van der Waals surface area contributed by atoms with Gasteiger partial charge in [0.15, 0.2) is 11.5 Å². The number of carbonyl (C=O) groups is 2. The van der Waals surface area contributed by atoms with Crippen LogP contribution in [0.4, 0.5) is 0 Å². The van der Waals surface area contributed by atoms with E-state index in [1.165, 1.54) is 13.0 Å². The Bertz CT molecular complexity index is 591. The second kappa shape index (κ2) is 9.37. The molecule has 2 N–H and O–H groups in total. The van der Waals surface area contributed by atoms with Crippen molar-refractivity contribution in [3.8, 4) is 11.5 Å². The number of rotatable bonds is 9. The van der Waals surface area contributed by atoms with Crippen molar-refractivity contribution < 1.29 is 24.2 Å². The Hall–Kier alpha value is -1.95. The summed E-state index contributed by atoms with van der Waals surface area (Å²) in [5, 5.41) is 11.9. The first-order valence-corrected chi connectivity index (χ1v) is 8.32. The molecule has 1 amide bonds. The van der Waals surface area contributed by atoms with E-state index in [4.69, 9.17) is 26.2 Å². The highest BCUT2D eigenvalue weighted by molar-refractivity contribution is 6.32. The van der Waals surface area contributed by atoms with Gasteiger partial charge in [0, 0.05) is 11.6 Å². The van der Waals surface area contributed by atoms with Crippen LogP contribution in [0.3, 0.4) is 0 Å². The first-order valence-electron chi connectivity index (χ1n) is 7.94. The summed E-state index contributed by atoms with van der Waals surface area (Å²) in [5.74, 6) is -1.30. The molecule has 2 unspecified atom stereocenters. The number of hydrogen-bond acceptors (Lipinski definition) is 4. The first kappa shape index (κ1) is 20.1. The highest BCUT2D eigenvalue weighted by Crippen LogP contribution is 2.36. The maximum absolute atomic E-state index is 12.4. The van der Waals surface area contributed by atoms with Gasteiger partial charge in [0.05, 0.1) is 24.2 Å². The molecule has 0 fully saturated rings. The molecule has 0 aliphatic carbocycles. The number of hydrogen-bond donors (Lipinski definition) is 2. The van der Waals surface area contributed by atoms with E-state index in [1.807, 2.05) is 13.8 Å². The van der Waals surface area contributed by atoms with Crippen LogP contribution in [0.5, 0.6) is 11.5 Å². The summed E-state index contributed by atoms with van der Waals surface area (Å²) in [6.07, 6.45) is 0.814. The van der Waals surface area contributed by atoms with Crippen LogP contribution in [0.15, 0.2) is 12.1 Å². The molecule has 0 aromatic heterocycles. The molecule has 6 nitrogen and oxygen atoms in total. The van der Waals surface area contributed by atoms with Crippen molar-refractivity contribution >= 4 is 23.5 Å². The van der Waals surface area contributed by atoms with Crippen LogP contribution in [0.1, 0.15) is 44.5 Å². The van der Waals surface area contributed by atoms with Gasteiger partial charge in [-0.2, -0.15) is 0 Å². The predicted octanol–water partition coefficient (Wildman–Crippen LogP) is 3.37. The summed E-state index contributed by atoms with van der Waals surface area (Å²) in [6.45, 7) is 7.85. The summed E-state index contributed by atoms with van der Waals surface area (Å²) < 4.78 is 11.1. The third-order valence-corrected chi connectivity index (χ3v) is 3.80. The van der Waals surface area contributed by atoms with Crippen molar-refractivity contribution in [1.82, 2.24) is 5.32 Å². The largest absolute Gasteiger partial charge is 0.490 e. The maximum Gasteiger partial charge on any atom is 0.308 e. The SMILES string of the molecule is CCCOc1c(Cl)cc(C(=O)NC(C)C(C)C(=O)O)cc1OCC. The van der Waals surface area contributed by atoms with E-state index in [1.54, 1.807) is 13.0 Å². The van der Waals surface area contributed by atoms with Gasteiger partial charge in [-0.1, -0.05) is 18.5 Å². The maximum atomic E-state index is 12.4. The number of nitrogens with one attached hydrogen (secondary N) is 1. The van der Waals surface area contributed by atoms with Crippen LogP contribution in [0, 0.1) is 5.92 Å². The molecule has 1 rings (SSSR count). The minimum atomic E-state index is -0.973. The lowest BCUT2D eigenvalue weighted by molar-refractivity contribution is -0.141. The molecule has 0 bridgehead atoms. The Balaban J connectivity index is 3.02. The Labute approximate surface area is 147 Å². The molecule has 0 aliphatic heterocycles. The lowest BCUT2D eigenvalue weighted by Crippen LogP contribution is -2.40. The number of carboxylic acid groups (broad SMARTS) is 1. The molecule has 0 saturated carbocycles. The average molecular weight is 358 g/mol. The second-order valence-corrected chi connectivity index (χ2v) is 5.86. The predicted molar refractivity (Wildman–Crippen MR) is 92.1 cm³/mol. The van der Waals surface area contributed by atoms with E-state index >= 15 is 0 Å². The Morgan fingerprint density at radius 2 is 1.92 bits per heavy atom. The van der Waals surface area contributed by atoms with Gasteiger partial charge in [0.1, 0.15) is 0 Å². The zero-order chi connectivity index (χ0) is 18.3.